The van der Waals surface area contributed by atoms with E-state index in [-0.39, 0.29) is 30.6 Å². The SMILES string of the molecule is O=C(N[C@@H](Cc1ccc(OC(=O)Nc2c[n+](-c3ccccc3)no2)cc1)C(=O)O)OCC1c2ccccc2-c2ccccc21. The van der Waals surface area contributed by atoms with Crippen LogP contribution < -0.4 is 20.1 Å². The van der Waals surface area contributed by atoms with Crippen molar-refractivity contribution >= 4 is 24.0 Å². The topological polar surface area (TPSA) is 144 Å². The Bertz CT molecular complexity index is 1760. The summed E-state index contributed by atoms with van der Waals surface area (Å²) in [7, 11) is 0. The molecule has 0 aliphatic heterocycles. The van der Waals surface area contributed by atoms with Crippen molar-refractivity contribution in [3.63, 3.8) is 0 Å². The van der Waals surface area contributed by atoms with Crippen molar-refractivity contribution in [2.75, 3.05) is 11.9 Å². The summed E-state index contributed by atoms with van der Waals surface area (Å²) in [5, 5.41) is 18.5. The number of fused-ring (bicyclic) bond motifs is 3. The molecule has 0 bridgehead atoms. The first-order valence-electron chi connectivity index (χ1n) is 13.8. The molecule has 0 fully saturated rings. The van der Waals surface area contributed by atoms with E-state index in [1.807, 2.05) is 78.9 Å². The Labute approximate surface area is 251 Å². The number of aliphatic carboxylic acids is 1. The molecule has 220 valence electrons. The summed E-state index contributed by atoms with van der Waals surface area (Å²) in [5.74, 6) is -1.05. The van der Waals surface area contributed by atoms with Crippen LogP contribution in [0.2, 0.25) is 0 Å². The Morgan fingerprint density at radius 1 is 0.841 bits per heavy atom. The highest BCUT2D eigenvalue weighted by Gasteiger charge is 2.30. The van der Waals surface area contributed by atoms with E-state index in [4.69, 9.17) is 14.0 Å². The number of benzene rings is 4. The Kier molecular flexibility index (Phi) is 8.00. The number of rotatable bonds is 9. The summed E-state index contributed by atoms with van der Waals surface area (Å²) < 4.78 is 17.4. The zero-order valence-corrected chi connectivity index (χ0v) is 23.3. The zero-order valence-electron chi connectivity index (χ0n) is 23.3. The van der Waals surface area contributed by atoms with E-state index in [2.05, 4.69) is 15.9 Å². The second-order valence-corrected chi connectivity index (χ2v) is 10.1. The van der Waals surface area contributed by atoms with Gasteiger partial charge in [-0.1, -0.05) is 78.9 Å². The number of anilines is 1. The summed E-state index contributed by atoms with van der Waals surface area (Å²) in [4.78, 5) is 36.9. The smallest absolute Gasteiger partial charge is 0.419 e. The molecule has 0 unspecified atom stereocenters. The molecule has 4 aromatic carbocycles. The monoisotopic (exact) mass is 591 g/mol. The van der Waals surface area contributed by atoms with Crippen LogP contribution in [0.25, 0.3) is 16.8 Å². The van der Waals surface area contributed by atoms with Crippen LogP contribution in [0.15, 0.2) is 114 Å². The van der Waals surface area contributed by atoms with Crippen molar-refractivity contribution in [2.45, 2.75) is 18.4 Å². The van der Waals surface area contributed by atoms with Gasteiger partial charge in [-0.3, -0.25) is 9.84 Å². The molecule has 1 aliphatic rings. The van der Waals surface area contributed by atoms with Gasteiger partial charge in [-0.05, 0) is 44.6 Å². The van der Waals surface area contributed by atoms with Gasteiger partial charge in [0, 0.05) is 24.5 Å². The average molecular weight is 592 g/mol. The number of para-hydroxylation sites is 1. The van der Waals surface area contributed by atoms with E-state index >= 15 is 0 Å². The number of carbonyl (C=O) groups is 3. The first kappa shape index (κ1) is 28.2. The number of nitrogens with zero attached hydrogens (tertiary/aromatic N) is 2. The normalized spacial score (nSPS) is 12.5. The van der Waals surface area contributed by atoms with Gasteiger partial charge in [0.1, 0.15) is 18.4 Å². The molecule has 0 spiro atoms. The fourth-order valence-electron chi connectivity index (χ4n) is 5.15. The Morgan fingerprint density at radius 2 is 1.48 bits per heavy atom. The van der Waals surface area contributed by atoms with Crippen LogP contribution in [0.4, 0.5) is 15.5 Å². The lowest BCUT2D eigenvalue weighted by Crippen LogP contribution is -2.42. The molecule has 1 heterocycles. The van der Waals surface area contributed by atoms with Crippen LogP contribution >= 0.6 is 0 Å². The van der Waals surface area contributed by atoms with Gasteiger partial charge in [0.05, 0.1) is 0 Å². The standard InChI is InChI=1S/C33H26N4O7/c38-31(39)29(34-32(40)42-20-28-26-12-6-4-10-24(26)25-11-5-7-13-27(25)28)18-21-14-16-23(17-15-21)43-33(41)35-30-19-37(36-44-30)22-8-2-1-3-9-22/h1-17,19,28-29H,18,20H2,(H2-,34,35,36,38,39,40,41)/p+1/t29-/m0/s1. The van der Waals surface area contributed by atoms with Gasteiger partial charge >= 0.3 is 24.0 Å². The number of hydrogen-bond donors (Lipinski definition) is 3. The van der Waals surface area contributed by atoms with Crippen LogP contribution in [0.1, 0.15) is 22.6 Å². The predicted molar refractivity (Wildman–Crippen MR) is 157 cm³/mol. The van der Waals surface area contributed by atoms with Crippen LogP contribution in [-0.2, 0) is 16.0 Å². The number of hydrogen-bond acceptors (Lipinski definition) is 7. The number of alkyl carbamates (subject to hydrolysis) is 1. The molecule has 0 saturated carbocycles. The molecule has 0 radical (unpaired) electrons. The van der Waals surface area contributed by atoms with Gasteiger partial charge in [0.15, 0.2) is 0 Å². The molecule has 5 aromatic rings. The lowest BCUT2D eigenvalue weighted by Gasteiger charge is -2.17. The second kappa shape index (κ2) is 12.5. The minimum absolute atomic E-state index is 0.0104. The molecule has 11 heteroatoms. The van der Waals surface area contributed by atoms with Crippen molar-refractivity contribution in [2.24, 2.45) is 0 Å². The molecular weight excluding hydrogens is 564 g/mol. The number of amides is 2. The molecular formula is C33H27N4O7+. The molecule has 11 nitrogen and oxygen atoms in total. The number of carboxylic acid groups (broad SMARTS) is 1. The number of ether oxygens (including phenoxy) is 2. The van der Waals surface area contributed by atoms with E-state index in [1.165, 1.54) is 23.0 Å². The van der Waals surface area contributed by atoms with Crippen molar-refractivity contribution in [1.29, 1.82) is 0 Å². The van der Waals surface area contributed by atoms with Gasteiger partial charge < -0.3 is 19.9 Å². The van der Waals surface area contributed by atoms with Crippen LogP contribution in [-0.4, -0.2) is 41.2 Å². The van der Waals surface area contributed by atoms with Crippen molar-refractivity contribution in [3.05, 3.63) is 126 Å². The molecule has 0 saturated heterocycles. The van der Waals surface area contributed by atoms with Gasteiger partial charge in [-0.15, -0.1) is 0 Å². The maximum atomic E-state index is 12.7. The molecule has 1 aliphatic carbocycles. The third-order valence-electron chi connectivity index (χ3n) is 7.22. The van der Waals surface area contributed by atoms with E-state index < -0.39 is 24.2 Å². The van der Waals surface area contributed by atoms with E-state index in [9.17, 15) is 19.5 Å². The molecule has 1 atom stereocenters. The average Bonchev–Trinajstić information content (AvgIpc) is 3.63. The minimum Gasteiger partial charge on any atom is -0.480 e. The lowest BCUT2D eigenvalue weighted by atomic mass is 9.98. The third kappa shape index (κ3) is 6.26. The summed E-state index contributed by atoms with van der Waals surface area (Å²) >= 11 is 0. The molecule has 6 rings (SSSR count). The molecule has 1 aromatic heterocycles. The lowest BCUT2D eigenvalue weighted by molar-refractivity contribution is -0.670. The Morgan fingerprint density at radius 3 is 2.14 bits per heavy atom. The summed E-state index contributed by atoms with van der Waals surface area (Å²) in [6.07, 6.45) is -0.134. The fourth-order valence-corrected chi connectivity index (χ4v) is 5.15. The van der Waals surface area contributed by atoms with E-state index in [0.717, 1.165) is 27.9 Å². The highest BCUT2D eigenvalue weighted by Crippen LogP contribution is 2.44. The maximum absolute atomic E-state index is 12.7. The second-order valence-electron chi connectivity index (χ2n) is 10.1. The maximum Gasteiger partial charge on any atom is 0.419 e. The van der Waals surface area contributed by atoms with Gasteiger partial charge in [0.25, 0.3) is 6.20 Å². The largest absolute Gasteiger partial charge is 0.480 e. The Hall–Kier alpha value is -5.97. The van der Waals surface area contributed by atoms with Gasteiger partial charge in [0.2, 0.25) is 11.0 Å². The quantitative estimate of drug-likeness (QED) is 0.201. The summed E-state index contributed by atoms with van der Waals surface area (Å²) in [6.45, 7) is 0.0701. The highest BCUT2D eigenvalue weighted by atomic mass is 16.6. The number of carboxylic acids is 1. The summed E-state index contributed by atoms with van der Waals surface area (Å²) in [5.41, 5.74) is 5.66. The molecule has 44 heavy (non-hydrogen) atoms. The predicted octanol–water partition coefficient (Wildman–Crippen LogP) is 5.10. The van der Waals surface area contributed by atoms with Crippen molar-refractivity contribution in [1.82, 2.24) is 10.6 Å². The molecule has 3 N–H and O–H groups in total. The van der Waals surface area contributed by atoms with Gasteiger partial charge in [-0.25, -0.2) is 14.4 Å². The van der Waals surface area contributed by atoms with E-state index in [1.54, 1.807) is 12.1 Å². The Balaban J connectivity index is 1.01. The first-order chi connectivity index (χ1) is 21.4. The van der Waals surface area contributed by atoms with Crippen LogP contribution in [0, 0.1) is 0 Å². The number of nitrogens with one attached hydrogen (secondary N) is 2. The molecule has 2 amide bonds. The van der Waals surface area contributed by atoms with E-state index in [0.29, 0.717) is 5.56 Å². The third-order valence-corrected chi connectivity index (χ3v) is 7.22. The highest BCUT2D eigenvalue weighted by molar-refractivity contribution is 5.84. The zero-order chi connectivity index (χ0) is 30.5. The minimum atomic E-state index is -1.23. The number of carbonyl (C=O) groups excluding carboxylic acids is 2. The van der Waals surface area contributed by atoms with Crippen LogP contribution in [0.3, 0.4) is 0 Å². The number of aromatic nitrogens is 2. The van der Waals surface area contributed by atoms with Crippen LogP contribution in [0.5, 0.6) is 5.75 Å². The summed E-state index contributed by atoms with van der Waals surface area (Å²) in [6, 6.07) is 30.1. The first-order valence-corrected chi connectivity index (χ1v) is 13.8. The fraction of sp³-hybridized carbons (Fsp3) is 0.121. The van der Waals surface area contributed by atoms with Crippen molar-refractivity contribution < 1.29 is 38.2 Å². The van der Waals surface area contributed by atoms with Gasteiger partial charge in [-0.2, -0.15) is 0 Å². The van der Waals surface area contributed by atoms with Crippen molar-refractivity contribution in [3.8, 4) is 22.6 Å².